The highest BCUT2D eigenvalue weighted by Crippen LogP contribution is 2.24. The van der Waals surface area contributed by atoms with Gasteiger partial charge in [-0.05, 0) is 36.4 Å². The minimum atomic E-state index is -0.441. The average molecular weight is 292 g/mol. The van der Waals surface area contributed by atoms with Gasteiger partial charge in [0.25, 0.3) is 0 Å². The maximum Gasteiger partial charge on any atom is 0.129 e. The van der Waals surface area contributed by atoms with Crippen molar-refractivity contribution in [2.24, 2.45) is 0 Å². The molecule has 0 aliphatic carbocycles. The maximum atomic E-state index is 13.6. The fraction of sp³-hybridized carbons (Fsp3) is 0.133. The molecule has 0 amide bonds. The molecule has 0 aliphatic rings. The average Bonchev–Trinajstić information content (AvgIpc) is 2.47. The number of benzene rings is 2. The molecule has 0 fully saturated rings. The number of aliphatic hydroxyl groups is 1. The van der Waals surface area contributed by atoms with Crippen molar-refractivity contribution < 1.29 is 14.2 Å². The number of nitriles is 1. The number of halogens is 2. The minimum absolute atomic E-state index is 0.0318. The molecule has 20 heavy (non-hydrogen) atoms. The van der Waals surface area contributed by atoms with Crippen LogP contribution in [0.3, 0.4) is 0 Å². The number of hydrogen-bond acceptors (Lipinski definition) is 3. The lowest BCUT2D eigenvalue weighted by molar-refractivity contribution is 0.257. The second-order valence-electron chi connectivity index (χ2n) is 4.12. The molecule has 0 saturated carbocycles. The predicted molar refractivity (Wildman–Crippen MR) is 72.8 cm³/mol. The van der Waals surface area contributed by atoms with Gasteiger partial charge in [-0.3, -0.25) is 0 Å². The normalized spacial score (nSPS) is 10.1. The van der Waals surface area contributed by atoms with E-state index in [0.717, 1.165) is 0 Å². The van der Waals surface area contributed by atoms with Crippen molar-refractivity contribution in [1.82, 2.24) is 0 Å². The molecule has 0 heterocycles. The van der Waals surface area contributed by atoms with Gasteiger partial charge >= 0.3 is 0 Å². The van der Waals surface area contributed by atoms with Crippen LogP contribution in [0.15, 0.2) is 36.4 Å². The molecule has 5 heteroatoms. The second-order valence-corrected chi connectivity index (χ2v) is 4.55. The molecule has 0 spiro atoms. The Labute approximate surface area is 120 Å². The summed E-state index contributed by atoms with van der Waals surface area (Å²) in [4.78, 5) is 0. The van der Waals surface area contributed by atoms with Crippen LogP contribution in [0.5, 0.6) is 5.75 Å². The Morgan fingerprint density at radius 2 is 2.00 bits per heavy atom. The van der Waals surface area contributed by atoms with Gasteiger partial charge in [-0.2, -0.15) is 5.26 Å². The molecule has 1 N–H and O–H groups in total. The lowest BCUT2D eigenvalue weighted by atomic mass is 10.1. The van der Waals surface area contributed by atoms with Crippen LogP contribution >= 0.6 is 11.6 Å². The third-order valence-electron chi connectivity index (χ3n) is 2.75. The van der Waals surface area contributed by atoms with Crippen LogP contribution in [0.1, 0.15) is 16.7 Å². The molecule has 0 atom stereocenters. The van der Waals surface area contributed by atoms with Crippen LogP contribution in [0.4, 0.5) is 4.39 Å². The topological polar surface area (TPSA) is 53.2 Å². The van der Waals surface area contributed by atoms with Crippen molar-refractivity contribution in [2.75, 3.05) is 0 Å². The van der Waals surface area contributed by atoms with E-state index >= 15 is 0 Å². The Balaban J connectivity index is 2.19. The van der Waals surface area contributed by atoms with Gasteiger partial charge in [0, 0.05) is 16.1 Å². The third kappa shape index (κ3) is 3.27. The summed E-state index contributed by atoms with van der Waals surface area (Å²) in [6.45, 7) is -0.257. The van der Waals surface area contributed by atoms with Gasteiger partial charge in [-0.1, -0.05) is 11.6 Å². The molecule has 3 nitrogen and oxygen atoms in total. The third-order valence-corrected chi connectivity index (χ3v) is 2.99. The lowest BCUT2D eigenvalue weighted by Gasteiger charge is -2.11. The summed E-state index contributed by atoms with van der Waals surface area (Å²) in [6.07, 6.45) is 0. The van der Waals surface area contributed by atoms with Gasteiger partial charge in [0.1, 0.15) is 18.2 Å². The van der Waals surface area contributed by atoms with Crippen molar-refractivity contribution in [2.45, 2.75) is 13.2 Å². The van der Waals surface area contributed by atoms with E-state index in [0.29, 0.717) is 21.9 Å². The first-order valence-electron chi connectivity index (χ1n) is 5.84. The van der Waals surface area contributed by atoms with Crippen LogP contribution in [0, 0.1) is 17.1 Å². The lowest BCUT2D eigenvalue weighted by Crippen LogP contribution is -2.01. The monoisotopic (exact) mass is 291 g/mol. The molecule has 0 bridgehead atoms. The molecule has 0 radical (unpaired) electrons. The minimum Gasteiger partial charge on any atom is -0.488 e. The number of nitrogens with zero attached hydrogens (tertiary/aromatic N) is 1. The Hall–Kier alpha value is -2.09. The van der Waals surface area contributed by atoms with E-state index in [2.05, 4.69) is 0 Å². The highest BCUT2D eigenvalue weighted by atomic mass is 35.5. The zero-order valence-corrected chi connectivity index (χ0v) is 11.2. The summed E-state index contributed by atoms with van der Waals surface area (Å²) < 4.78 is 19.1. The van der Waals surface area contributed by atoms with Crippen LogP contribution in [0.2, 0.25) is 5.02 Å². The van der Waals surface area contributed by atoms with E-state index in [1.54, 1.807) is 18.2 Å². The van der Waals surface area contributed by atoms with Gasteiger partial charge < -0.3 is 9.84 Å². The van der Waals surface area contributed by atoms with Gasteiger partial charge in [0.2, 0.25) is 0 Å². The first kappa shape index (κ1) is 14.3. The first-order valence-corrected chi connectivity index (χ1v) is 6.22. The SMILES string of the molecule is N#Cc1ccc(F)c(COc2ccc(Cl)cc2CO)c1. The Morgan fingerprint density at radius 3 is 2.70 bits per heavy atom. The standard InChI is InChI=1S/C15H11ClFNO2/c16-13-2-4-15(11(6-13)8-19)20-9-12-5-10(7-18)1-3-14(12)17/h1-6,19H,8-9H2. The van der Waals surface area contributed by atoms with Crippen molar-refractivity contribution in [3.8, 4) is 11.8 Å². The van der Waals surface area contributed by atoms with Gasteiger partial charge in [-0.25, -0.2) is 4.39 Å². The second kappa shape index (κ2) is 6.38. The van der Waals surface area contributed by atoms with Crippen molar-refractivity contribution in [3.63, 3.8) is 0 Å². The maximum absolute atomic E-state index is 13.6. The van der Waals surface area contributed by atoms with E-state index in [4.69, 9.17) is 21.6 Å². The highest BCUT2D eigenvalue weighted by molar-refractivity contribution is 6.30. The zero-order chi connectivity index (χ0) is 14.5. The van der Waals surface area contributed by atoms with Crippen LogP contribution in [-0.2, 0) is 13.2 Å². The van der Waals surface area contributed by atoms with Crippen LogP contribution in [-0.4, -0.2) is 5.11 Å². The van der Waals surface area contributed by atoms with E-state index in [-0.39, 0.29) is 18.8 Å². The zero-order valence-electron chi connectivity index (χ0n) is 10.4. The number of ether oxygens (including phenoxy) is 1. The molecule has 102 valence electrons. The van der Waals surface area contributed by atoms with Crippen molar-refractivity contribution >= 4 is 11.6 Å². The molecule has 0 saturated heterocycles. The fourth-order valence-electron chi connectivity index (χ4n) is 1.72. The molecule has 2 aromatic carbocycles. The Bertz CT molecular complexity index is 667. The fourth-order valence-corrected chi connectivity index (χ4v) is 1.92. The number of rotatable bonds is 4. The Kier molecular flexibility index (Phi) is 4.57. The quantitative estimate of drug-likeness (QED) is 0.939. The largest absolute Gasteiger partial charge is 0.488 e. The summed E-state index contributed by atoms with van der Waals surface area (Å²) >= 11 is 5.81. The molecule has 2 aromatic rings. The Morgan fingerprint density at radius 1 is 1.20 bits per heavy atom. The summed E-state index contributed by atoms with van der Waals surface area (Å²) in [5, 5.41) is 18.5. The van der Waals surface area contributed by atoms with Crippen molar-refractivity contribution in [1.29, 1.82) is 5.26 Å². The molecule has 0 unspecified atom stereocenters. The summed E-state index contributed by atoms with van der Waals surface area (Å²) in [7, 11) is 0. The van der Waals surface area contributed by atoms with E-state index in [1.165, 1.54) is 18.2 Å². The molecule has 2 rings (SSSR count). The number of aliphatic hydroxyl groups excluding tert-OH is 1. The predicted octanol–water partition coefficient (Wildman–Crippen LogP) is 3.42. The summed E-state index contributed by atoms with van der Waals surface area (Å²) in [5.74, 6) is -0.0119. The van der Waals surface area contributed by atoms with Crippen LogP contribution in [0.25, 0.3) is 0 Å². The summed E-state index contributed by atoms with van der Waals surface area (Å²) in [6, 6.07) is 10.8. The molecule has 0 aromatic heterocycles. The van der Waals surface area contributed by atoms with E-state index in [1.807, 2.05) is 6.07 Å². The van der Waals surface area contributed by atoms with Crippen LogP contribution < -0.4 is 4.74 Å². The first-order chi connectivity index (χ1) is 9.63. The van der Waals surface area contributed by atoms with E-state index < -0.39 is 5.82 Å². The highest BCUT2D eigenvalue weighted by Gasteiger charge is 2.08. The van der Waals surface area contributed by atoms with Gasteiger partial charge in [0.05, 0.1) is 18.2 Å². The molecule has 0 aliphatic heterocycles. The van der Waals surface area contributed by atoms with Gasteiger partial charge in [-0.15, -0.1) is 0 Å². The summed E-state index contributed by atoms with van der Waals surface area (Å²) in [5.41, 5.74) is 1.17. The van der Waals surface area contributed by atoms with Gasteiger partial charge in [0.15, 0.2) is 0 Å². The smallest absolute Gasteiger partial charge is 0.129 e. The van der Waals surface area contributed by atoms with E-state index in [9.17, 15) is 9.50 Å². The van der Waals surface area contributed by atoms with Crippen molar-refractivity contribution in [3.05, 3.63) is 63.9 Å². The molecular weight excluding hydrogens is 281 g/mol. The number of hydrogen-bond donors (Lipinski definition) is 1. The molecular formula is C15H11ClFNO2.